The van der Waals surface area contributed by atoms with Crippen LogP contribution >= 0.6 is 0 Å². The van der Waals surface area contributed by atoms with E-state index in [-0.39, 0.29) is 5.91 Å². The van der Waals surface area contributed by atoms with Crippen molar-refractivity contribution in [2.45, 2.75) is 37.1 Å². The number of nitrogens with zero attached hydrogens (tertiary/aromatic N) is 2. The highest BCUT2D eigenvalue weighted by atomic mass is 32.2. The molecule has 156 valence electrons. The summed E-state index contributed by atoms with van der Waals surface area (Å²) in [5.41, 5.74) is 0. The molecule has 1 aliphatic rings. The summed E-state index contributed by atoms with van der Waals surface area (Å²) in [7, 11) is 0.735. The molecule has 2 rings (SSSR count). The Bertz CT molecular complexity index is 645. The zero-order valence-electron chi connectivity index (χ0n) is 16.9. The Labute approximate surface area is 170 Å². The van der Waals surface area contributed by atoms with Crippen LogP contribution in [0.4, 0.5) is 0 Å². The Morgan fingerprint density at radius 1 is 1.18 bits per heavy atom. The van der Waals surface area contributed by atoms with Crippen LogP contribution in [-0.2, 0) is 15.6 Å². The van der Waals surface area contributed by atoms with E-state index >= 15 is 0 Å². The molecular weight excluding hydrogens is 374 g/mol. The summed E-state index contributed by atoms with van der Waals surface area (Å²) in [5, 5.41) is 9.62. The van der Waals surface area contributed by atoms with Gasteiger partial charge in [-0.1, -0.05) is 25.1 Å². The van der Waals surface area contributed by atoms with Gasteiger partial charge < -0.3 is 16.0 Å². The second-order valence-corrected chi connectivity index (χ2v) is 8.48. The molecule has 3 N–H and O–H groups in total. The highest BCUT2D eigenvalue weighted by Gasteiger charge is 2.21. The molecule has 0 bridgehead atoms. The van der Waals surface area contributed by atoms with Crippen molar-refractivity contribution >= 4 is 22.7 Å². The third kappa shape index (κ3) is 7.98. The van der Waals surface area contributed by atoms with Crippen LogP contribution < -0.4 is 16.0 Å². The van der Waals surface area contributed by atoms with Crippen LogP contribution in [0.3, 0.4) is 0 Å². The maximum Gasteiger partial charge on any atom is 0.234 e. The van der Waals surface area contributed by atoms with E-state index in [2.05, 4.69) is 32.8 Å². The van der Waals surface area contributed by atoms with E-state index in [0.717, 1.165) is 49.8 Å². The number of hydrogen-bond acceptors (Lipinski definition) is 4. The Morgan fingerprint density at radius 3 is 2.54 bits per heavy atom. The van der Waals surface area contributed by atoms with Crippen LogP contribution in [-0.4, -0.2) is 72.5 Å². The minimum absolute atomic E-state index is 0.108. The molecule has 0 spiro atoms. The number of piperidine rings is 1. The average Bonchev–Trinajstić information content (AvgIpc) is 2.73. The van der Waals surface area contributed by atoms with Crippen LogP contribution in [0.15, 0.2) is 40.2 Å². The van der Waals surface area contributed by atoms with Crippen molar-refractivity contribution in [2.75, 3.05) is 45.5 Å². The summed E-state index contributed by atoms with van der Waals surface area (Å²) < 4.78 is 12.3. The zero-order chi connectivity index (χ0) is 20.2. The second-order valence-electron chi connectivity index (χ2n) is 6.91. The molecule has 0 aliphatic carbocycles. The molecule has 1 fully saturated rings. The van der Waals surface area contributed by atoms with Gasteiger partial charge in [0.15, 0.2) is 5.96 Å². The lowest BCUT2D eigenvalue weighted by atomic mass is 10.1. The number of carbonyl (C=O) groups excluding carboxylic acids is 1. The molecule has 0 aromatic heterocycles. The van der Waals surface area contributed by atoms with Crippen molar-refractivity contribution < 1.29 is 9.00 Å². The first-order chi connectivity index (χ1) is 13.6. The van der Waals surface area contributed by atoms with E-state index in [9.17, 15) is 9.00 Å². The number of amides is 1. The van der Waals surface area contributed by atoms with Gasteiger partial charge in [-0.25, -0.2) is 0 Å². The monoisotopic (exact) mass is 407 g/mol. The van der Waals surface area contributed by atoms with Crippen LogP contribution in [0.5, 0.6) is 0 Å². The minimum Gasteiger partial charge on any atom is -0.355 e. The van der Waals surface area contributed by atoms with Crippen molar-refractivity contribution in [3.63, 3.8) is 0 Å². The molecule has 1 amide bonds. The van der Waals surface area contributed by atoms with Gasteiger partial charge in [-0.05, 0) is 31.4 Å². The number of benzene rings is 1. The maximum absolute atomic E-state index is 12.3. The molecule has 28 heavy (non-hydrogen) atoms. The molecule has 0 radical (unpaired) electrons. The van der Waals surface area contributed by atoms with E-state index in [4.69, 9.17) is 0 Å². The Kier molecular flexibility index (Phi) is 9.99. The summed E-state index contributed by atoms with van der Waals surface area (Å²) in [6.07, 6.45) is 2.90. The van der Waals surface area contributed by atoms with Crippen molar-refractivity contribution in [1.82, 2.24) is 20.9 Å². The van der Waals surface area contributed by atoms with Crippen molar-refractivity contribution in [1.29, 1.82) is 0 Å². The topological polar surface area (TPSA) is 85.8 Å². The first-order valence-corrected chi connectivity index (χ1v) is 11.3. The Hall–Kier alpha value is -1.93. The molecule has 8 heteroatoms. The lowest BCUT2D eigenvalue weighted by Gasteiger charge is -2.32. The van der Waals surface area contributed by atoms with Gasteiger partial charge in [0, 0.05) is 49.9 Å². The van der Waals surface area contributed by atoms with Gasteiger partial charge in [0.2, 0.25) is 5.91 Å². The molecule has 1 aromatic rings. The predicted molar refractivity (Wildman–Crippen MR) is 115 cm³/mol. The largest absolute Gasteiger partial charge is 0.355 e. The number of nitrogens with one attached hydrogen (secondary N) is 3. The zero-order valence-corrected chi connectivity index (χ0v) is 17.8. The van der Waals surface area contributed by atoms with Gasteiger partial charge in [0.25, 0.3) is 0 Å². The quantitative estimate of drug-likeness (QED) is 0.419. The van der Waals surface area contributed by atoms with E-state index in [0.29, 0.717) is 24.9 Å². The van der Waals surface area contributed by atoms with Crippen molar-refractivity contribution in [2.24, 2.45) is 4.99 Å². The van der Waals surface area contributed by atoms with Crippen molar-refractivity contribution in [3.8, 4) is 0 Å². The highest BCUT2D eigenvalue weighted by Crippen LogP contribution is 2.10. The summed E-state index contributed by atoms with van der Waals surface area (Å²) in [6.45, 7) is 5.66. The van der Waals surface area contributed by atoms with Gasteiger partial charge in [-0.2, -0.15) is 0 Å². The molecule has 7 nitrogen and oxygen atoms in total. The van der Waals surface area contributed by atoms with Gasteiger partial charge in [0.05, 0.1) is 17.3 Å². The van der Waals surface area contributed by atoms with Crippen LogP contribution in [0.2, 0.25) is 0 Å². The van der Waals surface area contributed by atoms with Gasteiger partial charge in [0.1, 0.15) is 0 Å². The molecule has 1 atom stereocenters. The van der Waals surface area contributed by atoms with E-state index in [1.54, 1.807) is 7.05 Å². The fourth-order valence-corrected chi connectivity index (χ4v) is 4.08. The van der Waals surface area contributed by atoms with E-state index in [1.165, 1.54) is 0 Å². The number of carbonyl (C=O) groups is 1. The van der Waals surface area contributed by atoms with E-state index < -0.39 is 10.8 Å². The number of rotatable bonds is 9. The Morgan fingerprint density at radius 2 is 1.89 bits per heavy atom. The molecule has 0 saturated carbocycles. The molecule has 1 aliphatic heterocycles. The van der Waals surface area contributed by atoms with Crippen molar-refractivity contribution in [3.05, 3.63) is 30.3 Å². The van der Waals surface area contributed by atoms with Crippen LogP contribution in [0.25, 0.3) is 0 Å². The lowest BCUT2D eigenvalue weighted by Crippen LogP contribution is -2.50. The number of hydrogen-bond donors (Lipinski definition) is 3. The Balaban J connectivity index is 1.65. The molecule has 1 unspecified atom stereocenters. The first-order valence-electron chi connectivity index (χ1n) is 10.0. The standard InChI is InChI=1S/C20H33N5O2S/c1-3-11-22-19(26)16-25-13-9-17(10-14-25)24-20(21-2)23-12-15-28(27)18-7-5-4-6-8-18/h4-8,17H,3,9-16H2,1-2H3,(H,22,26)(H2,21,23,24). The summed E-state index contributed by atoms with van der Waals surface area (Å²) in [5.74, 6) is 1.39. The normalized spacial score (nSPS) is 17.1. The first kappa shape index (κ1) is 22.4. The van der Waals surface area contributed by atoms with Crippen LogP contribution in [0, 0.1) is 0 Å². The fourth-order valence-electron chi connectivity index (χ4n) is 3.10. The number of guanidine groups is 1. The summed E-state index contributed by atoms with van der Waals surface area (Å²) >= 11 is 0. The van der Waals surface area contributed by atoms with Gasteiger partial charge in [-0.15, -0.1) is 0 Å². The summed E-state index contributed by atoms with van der Waals surface area (Å²) in [6, 6.07) is 9.84. The van der Waals surface area contributed by atoms with E-state index in [1.807, 2.05) is 30.3 Å². The minimum atomic E-state index is -1.01. The smallest absolute Gasteiger partial charge is 0.234 e. The third-order valence-electron chi connectivity index (χ3n) is 4.68. The lowest BCUT2D eigenvalue weighted by molar-refractivity contribution is -0.122. The third-order valence-corrected chi connectivity index (χ3v) is 6.05. The van der Waals surface area contributed by atoms with Crippen LogP contribution in [0.1, 0.15) is 26.2 Å². The fraction of sp³-hybridized carbons (Fsp3) is 0.600. The highest BCUT2D eigenvalue weighted by molar-refractivity contribution is 7.85. The van der Waals surface area contributed by atoms with Gasteiger partial charge in [-0.3, -0.25) is 18.9 Å². The number of aliphatic imine (C=N–C) groups is 1. The SMILES string of the molecule is CCCNC(=O)CN1CCC(NC(=NC)NCCS(=O)c2ccccc2)CC1. The second kappa shape index (κ2) is 12.5. The molecule has 1 saturated heterocycles. The van der Waals surface area contributed by atoms with Gasteiger partial charge >= 0.3 is 0 Å². The molecular formula is C20H33N5O2S. The number of likely N-dealkylation sites (tertiary alicyclic amines) is 1. The average molecular weight is 408 g/mol. The predicted octanol–water partition coefficient (Wildman–Crippen LogP) is 0.950. The maximum atomic E-state index is 12.3. The molecule has 1 aromatic carbocycles. The summed E-state index contributed by atoms with van der Waals surface area (Å²) in [4.78, 5) is 19.1. The molecule has 1 heterocycles.